The summed E-state index contributed by atoms with van der Waals surface area (Å²) in [7, 11) is -3.78. The van der Waals surface area contributed by atoms with Gasteiger partial charge in [-0.3, -0.25) is 9.10 Å². The number of halogens is 1. The number of rotatable bonds is 6. The maximum absolute atomic E-state index is 13.3. The Morgan fingerprint density at radius 3 is 2.14 bits per heavy atom. The summed E-state index contributed by atoms with van der Waals surface area (Å²) in [5.74, 6) is -0.987. The van der Waals surface area contributed by atoms with Crippen molar-refractivity contribution < 1.29 is 17.6 Å². The topological polar surface area (TPSA) is 66.5 Å². The lowest BCUT2D eigenvalue weighted by atomic mass is 10.0. The Labute approximate surface area is 169 Å². The van der Waals surface area contributed by atoms with Gasteiger partial charge in [-0.2, -0.15) is 0 Å². The maximum Gasteiger partial charge on any atom is 0.248 e. The molecule has 0 aliphatic carbocycles. The van der Waals surface area contributed by atoms with Crippen molar-refractivity contribution in [2.75, 3.05) is 15.9 Å². The Morgan fingerprint density at radius 2 is 1.52 bits per heavy atom. The number of carbonyl (C=O) groups excluding carboxylic acids is 1. The monoisotopic (exact) mass is 412 g/mol. The molecule has 0 aromatic heterocycles. The van der Waals surface area contributed by atoms with Crippen LogP contribution >= 0.6 is 0 Å². The molecule has 5 nitrogen and oxygen atoms in total. The van der Waals surface area contributed by atoms with Crippen LogP contribution in [0.3, 0.4) is 0 Å². The summed E-state index contributed by atoms with van der Waals surface area (Å²) in [6, 6.07) is 20.8. The number of benzene rings is 3. The number of sulfonamides is 1. The molecule has 0 saturated carbocycles. The van der Waals surface area contributed by atoms with E-state index in [1.165, 1.54) is 19.1 Å². The van der Waals surface area contributed by atoms with Gasteiger partial charge in [0, 0.05) is 11.3 Å². The van der Waals surface area contributed by atoms with Crippen LogP contribution in [0.2, 0.25) is 0 Å². The molecular formula is C22H21FN2O3S. The Balaban J connectivity index is 1.91. The van der Waals surface area contributed by atoms with Crippen molar-refractivity contribution in [2.24, 2.45) is 0 Å². The fraction of sp³-hybridized carbons (Fsp3) is 0.136. The lowest BCUT2D eigenvalue weighted by Crippen LogP contribution is -2.45. The van der Waals surface area contributed by atoms with E-state index in [4.69, 9.17) is 0 Å². The van der Waals surface area contributed by atoms with Crippen LogP contribution in [0.4, 0.5) is 15.8 Å². The molecule has 0 bridgehead atoms. The van der Waals surface area contributed by atoms with Crippen molar-refractivity contribution in [2.45, 2.75) is 13.0 Å². The van der Waals surface area contributed by atoms with Gasteiger partial charge in [-0.1, -0.05) is 48.5 Å². The summed E-state index contributed by atoms with van der Waals surface area (Å²) in [5, 5.41) is 2.82. The molecule has 150 valence electrons. The second-order valence-electron chi connectivity index (χ2n) is 6.61. The molecule has 1 atom stereocenters. The molecule has 1 N–H and O–H groups in total. The van der Waals surface area contributed by atoms with E-state index in [0.717, 1.165) is 33.8 Å². The number of carbonyl (C=O) groups is 1. The Morgan fingerprint density at radius 1 is 0.931 bits per heavy atom. The highest BCUT2D eigenvalue weighted by Gasteiger charge is 2.29. The molecule has 1 amide bonds. The van der Waals surface area contributed by atoms with Gasteiger partial charge in [-0.25, -0.2) is 12.8 Å². The third kappa shape index (κ3) is 4.81. The number of para-hydroxylation sites is 1. The first kappa shape index (κ1) is 20.5. The first-order valence-electron chi connectivity index (χ1n) is 8.97. The number of hydrogen-bond donors (Lipinski definition) is 1. The van der Waals surface area contributed by atoms with Crippen LogP contribution in [-0.2, 0) is 14.8 Å². The highest BCUT2D eigenvalue weighted by molar-refractivity contribution is 7.92. The zero-order valence-electron chi connectivity index (χ0n) is 16.0. The zero-order valence-corrected chi connectivity index (χ0v) is 16.9. The first-order chi connectivity index (χ1) is 13.8. The van der Waals surface area contributed by atoms with E-state index >= 15 is 0 Å². The molecule has 29 heavy (non-hydrogen) atoms. The SMILES string of the molecule is C[C@H](C(=O)Nc1ccccc1-c1ccccc1)N(c1ccc(F)cc1)S(C)(=O)=O. The highest BCUT2D eigenvalue weighted by Crippen LogP contribution is 2.28. The summed E-state index contributed by atoms with van der Waals surface area (Å²) in [4.78, 5) is 12.9. The Hall–Kier alpha value is -3.19. The summed E-state index contributed by atoms with van der Waals surface area (Å²) in [5.41, 5.74) is 2.53. The van der Waals surface area contributed by atoms with Crippen LogP contribution in [0, 0.1) is 5.82 Å². The molecular weight excluding hydrogens is 391 g/mol. The van der Waals surface area contributed by atoms with Gasteiger partial charge in [0.25, 0.3) is 0 Å². The molecule has 0 unspecified atom stereocenters. The van der Waals surface area contributed by atoms with Crippen molar-refractivity contribution in [1.82, 2.24) is 0 Å². The minimum absolute atomic E-state index is 0.216. The molecule has 3 aromatic rings. The first-order valence-corrected chi connectivity index (χ1v) is 10.8. The summed E-state index contributed by atoms with van der Waals surface area (Å²) in [6.45, 7) is 1.49. The van der Waals surface area contributed by atoms with E-state index in [1.807, 2.05) is 42.5 Å². The van der Waals surface area contributed by atoms with Gasteiger partial charge in [0.1, 0.15) is 11.9 Å². The minimum atomic E-state index is -3.78. The molecule has 0 spiro atoms. The van der Waals surface area contributed by atoms with E-state index in [2.05, 4.69) is 5.32 Å². The number of amides is 1. The molecule has 0 aliphatic heterocycles. The number of nitrogens with one attached hydrogen (secondary N) is 1. The summed E-state index contributed by atoms with van der Waals surface area (Å²) in [6.07, 6.45) is 1.01. The maximum atomic E-state index is 13.3. The van der Waals surface area contributed by atoms with Crippen molar-refractivity contribution in [3.63, 3.8) is 0 Å². The highest BCUT2D eigenvalue weighted by atomic mass is 32.2. The van der Waals surface area contributed by atoms with Crippen LogP contribution in [0.15, 0.2) is 78.9 Å². The van der Waals surface area contributed by atoms with Crippen molar-refractivity contribution in [1.29, 1.82) is 0 Å². The molecule has 3 rings (SSSR count). The fourth-order valence-corrected chi connectivity index (χ4v) is 4.27. The van der Waals surface area contributed by atoms with Crippen molar-refractivity contribution in [3.05, 3.63) is 84.7 Å². The minimum Gasteiger partial charge on any atom is -0.324 e. The standard InChI is InChI=1S/C22H21FN2O3S/c1-16(25(29(2,27)28)19-14-12-18(23)13-15-19)22(26)24-21-11-7-6-10-20(21)17-8-4-3-5-9-17/h3-16H,1-2H3,(H,24,26)/t16-/m1/s1. The Kier molecular flexibility index (Phi) is 5.98. The molecule has 0 radical (unpaired) electrons. The van der Waals surface area contributed by atoms with Gasteiger partial charge in [-0.05, 0) is 42.8 Å². The van der Waals surface area contributed by atoms with Crippen LogP contribution < -0.4 is 9.62 Å². The van der Waals surface area contributed by atoms with Crippen LogP contribution in [-0.4, -0.2) is 26.6 Å². The number of hydrogen-bond acceptors (Lipinski definition) is 3. The summed E-state index contributed by atoms with van der Waals surface area (Å²) < 4.78 is 38.9. The molecule has 0 heterocycles. The molecule has 0 fully saturated rings. The molecule has 0 saturated heterocycles. The average Bonchev–Trinajstić information content (AvgIpc) is 2.69. The Bertz CT molecular complexity index is 1100. The lowest BCUT2D eigenvalue weighted by molar-refractivity contribution is -0.116. The van der Waals surface area contributed by atoms with Gasteiger partial charge in [0.2, 0.25) is 15.9 Å². The predicted octanol–water partition coefficient (Wildman–Crippen LogP) is 4.29. The second-order valence-corrected chi connectivity index (χ2v) is 8.47. The van der Waals surface area contributed by atoms with Gasteiger partial charge in [-0.15, -0.1) is 0 Å². The van der Waals surface area contributed by atoms with E-state index < -0.39 is 27.8 Å². The molecule has 0 aliphatic rings. The quantitative estimate of drug-likeness (QED) is 0.657. The second kappa shape index (κ2) is 8.45. The van der Waals surface area contributed by atoms with Gasteiger partial charge in [0.05, 0.1) is 11.9 Å². The normalized spacial score (nSPS) is 12.2. The van der Waals surface area contributed by atoms with E-state index in [-0.39, 0.29) is 5.69 Å². The van der Waals surface area contributed by atoms with Crippen molar-refractivity contribution >= 4 is 27.3 Å². The van der Waals surface area contributed by atoms with Crippen LogP contribution in [0.25, 0.3) is 11.1 Å². The van der Waals surface area contributed by atoms with Crippen molar-refractivity contribution in [3.8, 4) is 11.1 Å². The summed E-state index contributed by atoms with van der Waals surface area (Å²) >= 11 is 0. The number of anilines is 2. The zero-order chi connectivity index (χ0) is 21.0. The fourth-order valence-electron chi connectivity index (χ4n) is 3.10. The van der Waals surface area contributed by atoms with E-state index in [1.54, 1.807) is 12.1 Å². The van der Waals surface area contributed by atoms with E-state index in [9.17, 15) is 17.6 Å². The molecule has 7 heteroatoms. The van der Waals surface area contributed by atoms with Crippen LogP contribution in [0.1, 0.15) is 6.92 Å². The smallest absolute Gasteiger partial charge is 0.248 e. The largest absolute Gasteiger partial charge is 0.324 e. The third-order valence-corrected chi connectivity index (χ3v) is 5.68. The third-order valence-electron chi connectivity index (χ3n) is 4.44. The number of nitrogens with zero attached hydrogens (tertiary/aromatic N) is 1. The predicted molar refractivity (Wildman–Crippen MR) is 114 cm³/mol. The van der Waals surface area contributed by atoms with E-state index in [0.29, 0.717) is 5.69 Å². The van der Waals surface area contributed by atoms with Gasteiger partial charge in [0.15, 0.2) is 0 Å². The van der Waals surface area contributed by atoms with Gasteiger partial charge < -0.3 is 5.32 Å². The van der Waals surface area contributed by atoms with Crippen LogP contribution in [0.5, 0.6) is 0 Å². The lowest BCUT2D eigenvalue weighted by Gasteiger charge is -2.28. The van der Waals surface area contributed by atoms with Gasteiger partial charge >= 0.3 is 0 Å². The average molecular weight is 412 g/mol. The molecule has 3 aromatic carbocycles.